The van der Waals surface area contributed by atoms with Crippen molar-refractivity contribution in [2.45, 2.75) is 32.3 Å². The lowest BCUT2D eigenvalue weighted by Gasteiger charge is -2.19. The van der Waals surface area contributed by atoms with Gasteiger partial charge >= 0.3 is 0 Å². The van der Waals surface area contributed by atoms with Crippen molar-refractivity contribution >= 4 is 18.0 Å². The number of carbonyl (C=O) groups is 2. The quantitative estimate of drug-likeness (QED) is 0.276. The first kappa shape index (κ1) is 16.9. The van der Waals surface area contributed by atoms with Gasteiger partial charge in [-0.25, -0.2) is 0 Å². The number of allylic oxidation sites excluding steroid dienone is 3. The van der Waals surface area contributed by atoms with Crippen LogP contribution in [0.2, 0.25) is 0 Å². The van der Waals surface area contributed by atoms with Crippen LogP contribution in [0.15, 0.2) is 29.8 Å². The molecule has 0 spiro atoms. The molecule has 0 radical (unpaired) electrons. The van der Waals surface area contributed by atoms with Crippen molar-refractivity contribution < 1.29 is 14.3 Å². The summed E-state index contributed by atoms with van der Waals surface area (Å²) in [6, 6.07) is 0. The van der Waals surface area contributed by atoms with Crippen LogP contribution in [0.3, 0.4) is 0 Å². The molecule has 0 fully saturated rings. The van der Waals surface area contributed by atoms with E-state index in [9.17, 15) is 9.59 Å². The van der Waals surface area contributed by atoms with E-state index < -0.39 is 5.60 Å². The molecule has 1 atom stereocenters. The molecule has 0 aliphatic rings. The van der Waals surface area contributed by atoms with E-state index in [0.717, 1.165) is 6.40 Å². The molecule has 0 saturated carbocycles. The van der Waals surface area contributed by atoms with Gasteiger partial charge in [0.2, 0.25) is 5.60 Å². The van der Waals surface area contributed by atoms with Crippen molar-refractivity contribution in [2.24, 2.45) is 4.99 Å². The van der Waals surface area contributed by atoms with Crippen molar-refractivity contribution in [1.82, 2.24) is 0 Å². The number of rotatable bonds is 9. The maximum atomic E-state index is 11.7. The monoisotopic (exact) mass is 261 g/mol. The maximum absolute atomic E-state index is 11.7. The van der Waals surface area contributed by atoms with E-state index in [1.165, 1.54) is 13.0 Å². The summed E-state index contributed by atoms with van der Waals surface area (Å²) in [7, 11) is 0. The van der Waals surface area contributed by atoms with Crippen molar-refractivity contribution in [3.05, 3.63) is 24.8 Å². The Morgan fingerprint density at radius 3 is 2.68 bits per heavy atom. The second-order valence-electron chi connectivity index (χ2n) is 3.97. The largest absolute Gasteiger partial charge is 0.457 e. The lowest BCUT2D eigenvalue weighted by molar-refractivity contribution is -0.128. The summed E-state index contributed by atoms with van der Waals surface area (Å²) >= 11 is 0. The van der Waals surface area contributed by atoms with Crippen LogP contribution < -0.4 is 0 Å². The average molecular weight is 261 g/mol. The van der Waals surface area contributed by atoms with E-state index in [0.29, 0.717) is 6.42 Å². The number of terminal acetylenes is 1. The second kappa shape index (κ2) is 8.87. The molecule has 0 saturated heterocycles. The van der Waals surface area contributed by atoms with Crippen LogP contribution in [0.25, 0.3) is 0 Å². The Balaban J connectivity index is 4.36. The van der Waals surface area contributed by atoms with Crippen LogP contribution in [0, 0.1) is 12.3 Å². The standard InChI is InChI=1S/C15H19NO3/c1-5-8-10-13(17)11-16-12-19-15(4,7-3)14(18)9-6-2/h3,5-6,8,12H,2,9-11H2,1,4H3/b8-5-,16-12-. The SMILES string of the molecule is C#CC(C)(O/C=N\CC(=O)C/C=C\C)C(=O)CC=C. The molecule has 0 N–H and O–H groups in total. The molecule has 102 valence electrons. The van der Waals surface area contributed by atoms with Crippen LogP contribution in [0.5, 0.6) is 0 Å². The molecule has 0 rings (SSSR count). The Kier molecular flexibility index (Phi) is 7.87. The van der Waals surface area contributed by atoms with Gasteiger partial charge in [-0.05, 0) is 13.8 Å². The van der Waals surface area contributed by atoms with Crippen molar-refractivity contribution in [2.75, 3.05) is 6.54 Å². The Bertz CT molecular complexity index is 429. The first-order chi connectivity index (χ1) is 9.00. The maximum Gasteiger partial charge on any atom is 0.225 e. The van der Waals surface area contributed by atoms with Gasteiger partial charge in [0.15, 0.2) is 18.0 Å². The van der Waals surface area contributed by atoms with E-state index in [2.05, 4.69) is 17.5 Å². The molecule has 0 aliphatic carbocycles. The third-order valence-electron chi connectivity index (χ3n) is 2.35. The zero-order valence-corrected chi connectivity index (χ0v) is 11.4. The number of hydrogen-bond donors (Lipinski definition) is 0. The summed E-state index contributed by atoms with van der Waals surface area (Å²) in [4.78, 5) is 26.8. The first-order valence-electron chi connectivity index (χ1n) is 5.91. The Morgan fingerprint density at radius 2 is 2.16 bits per heavy atom. The summed E-state index contributed by atoms with van der Waals surface area (Å²) in [5.74, 6) is 1.95. The van der Waals surface area contributed by atoms with Crippen molar-refractivity contribution in [3.8, 4) is 12.3 Å². The van der Waals surface area contributed by atoms with Gasteiger partial charge < -0.3 is 4.74 Å². The predicted molar refractivity (Wildman–Crippen MR) is 75.9 cm³/mol. The number of ether oxygens (including phenoxy) is 1. The van der Waals surface area contributed by atoms with Gasteiger partial charge in [-0.15, -0.1) is 13.0 Å². The minimum Gasteiger partial charge on any atom is -0.457 e. The van der Waals surface area contributed by atoms with Gasteiger partial charge in [-0.1, -0.05) is 24.1 Å². The van der Waals surface area contributed by atoms with E-state index in [1.807, 2.05) is 6.92 Å². The molecule has 0 aliphatic heterocycles. The number of carbonyl (C=O) groups excluding carboxylic acids is 2. The number of hydrogen-bond acceptors (Lipinski definition) is 4. The highest BCUT2D eigenvalue weighted by molar-refractivity contribution is 5.92. The smallest absolute Gasteiger partial charge is 0.225 e. The molecule has 0 heterocycles. The number of Topliss-reactive ketones (excluding diaryl/α,β-unsaturated/α-hetero) is 2. The van der Waals surface area contributed by atoms with E-state index in [1.54, 1.807) is 12.2 Å². The van der Waals surface area contributed by atoms with Crippen molar-refractivity contribution in [3.63, 3.8) is 0 Å². The summed E-state index contributed by atoms with van der Waals surface area (Å²) in [5.41, 5.74) is -1.37. The fourth-order valence-corrected chi connectivity index (χ4v) is 1.10. The molecule has 0 aromatic heterocycles. The Hall–Kier alpha value is -2.15. The van der Waals surface area contributed by atoms with Gasteiger partial charge in [0.25, 0.3) is 0 Å². The topological polar surface area (TPSA) is 55.7 Å². The van der Waals surface area contributed by atoms with E-state index in [-0.39, 0.29) is 24.5 Å². The molecule has 4 nitrogen and oxygen atoms in total. The second-order valence-corrected chi connectivity index (χ2v) is 3.97. The normalized spacial score (nSPS) is 13.9. The highest BCUT2D eigenvalue weighted by atomic mass is 16.5. The fourth-order valence-electron chi connectivity index (χ4n) is 1.10. The molecule has 1 unspecified atom stereocenters. The van der Waals surface area contributed by atoms with Gasteiger partial charge in [0, 0.05) is 12.8 Å². The number of aliphatic imine (C=N–C) groups is 1. The minimum atomic E-state index is -1.37. The average Bonchev–Trinajstić information content (AvgIpc) is 2.41. The van der Waals surface area contributed by atoms with Gasteiger partial charge in [-0.3, -0.25) is 14.6 Å². The lowest BCUT2D eigenvalue weighted by atomic mass is 9.99. The Labute approximate surface area is 114 Å². The summed E-state index contributed by atoms with van der Waals surface area (Å²) in [5, 5.41) is 0. The molecule has 0 aromatic carbocycles. The van der Waals surface area contributed by atoms with E-state index in [4.69, 9.17) is 11.2 Å². The third kappa shape index (κ3) is 6.37. The zero-order chi connectivity index (χ0) is 14.7. The first-order valence-corrected chi connectivity index (χ1v) is 5.91. The summed E-state index contributed by atoms with van der Waals surface area (Å²) in [6.45, 7) is 6.78. The van der Waals surface area contributed by atoms with Crippen LogP contribution in [-0.2, 0) is 14.3 Å². The third-order valence-corrected chi connectivity index (χ3v) is 2.35. The zero-order valence-electron chi connectivity index (χ0n) is 11.4. The number of nitrogens with zero attached hydrogens (tertiary/aromatic N) is 1. The highest BCUT2D eigenvalue weighted by Gasteiger charge is 2.30. The molecule has 0 aromatic rings. The fraction of sp³-hybridized carbons (Fsp3) is 0.400. The van der Waals surface area contributed by atoms with Crippen LogP contribution >= 0.6 is 0 Å². The summed E-state index contributed by atoms with van der Waals surface area (Å²) < 4.78 is 5.15. The molecule has 0 amide bonds. The molecule has 0 bridgehead atoms. The van der Waals surface area contributed by atoms with Crippen LogP contribution in [0.1, 0.15) is 26.7 Å². The molecule has 19 heavy (non-hydrogen) atoms. The van der Waals surface area contributed by atoms with Gasteiger partial charge in [0.05, 0.1) is 0 Å². The molecular formula is C15H19NO3. The summed E-state index contributed by atoms with van der Waals surface area (Å²) in [6.07, 6.45) is 11.8. The number of ketones is 2. The molecule has 4 heteroatoms. The van der Waals surface area contributed by atoms with Crippen LogP contribution in [-0.4, -0.2) is 30.1 Å². The van der Waals surface area contributed by atoms with Gasteiger partial charge in [-0.2, -0.15) is 0 Å². The lowest BCUT2D eigenvalue weighted by Crippen LogP contribution is -2.36. The van der Waals surface area contributed by atoms with E-state index >= 15 is 0 Å². The Morgan fingerprint density at radius 1 is 1.47 bits per heavy atom. The van der Waals surface area contributed by atoms with Crippen LogP contribution in [0.4, 0.5) is 0 Å². The predicted octanol–water partition coefficient (Wildman–Crippen LogP) is 2.10. The van der Waals surface area contributed by atoms with Gasteiger partial charge in [0.1, 0.15) is 6.54 Å². The minimum absolute atomic E-state index is 0.000635. The highest BCUT2D eigenvalue weighted by Crippen LogP contribution is 2.12. The van der Waals surface area contributed by atoms with Crippen molar-refractivity contribution in [1.29, 1.82) is 0 Å². The molecular weight excluding hydrogens is 242 g/mol.